The lowest BCUT2D eigenvalue weighted by atomic mass is 10.1. The first-order chi connectivity index (χ1) is 9.11. The Morgan fingerprint density at radius 3 is 2.58 bits per heavy atom. The van der Waals surface area contributed by atoms with Gasteiger partial charge in [0.1, 0.15) is 0 Å². The van der Waals surface area contributed by atoms with E-state index >= 15 is 0 Å². The van der Waals surface area contributed by atoms with Gasteiger partial charge in [0.25, 0.3) is 5.91 Å². The molecule has 1 aliphatic carbocycles. The van der Waals surface area contributed by atoms with Crippen molar-refractivity contribution in [3.05, 3.63) is 29.8 Å². The number of hydrogen-bond acceptors (Lipinski definition) is 3. The topological polar surface area (TPSA) is 70.2 Å². The number of para-hydroxylation sites is 1. The van der Waals surface area contributed by atoms with E-state index in [0.717, 1.165) is 12.8 Å². The van der Waals surface area contributed by atoms with Crippen molar-refractivity contribution in [3.63, 3.8) is 0 Å². The molecule has 1 aromatic carbocycles. The second-order valence-corrected chi connectivity index (χ2v) is 4.75. The van der Waals surface area contributed by atoms with Crippen molar-refractivity contribution in [2.45, 2.75) is 12.8 Å². The third kappa shape index (κ3) is 3.51. The first kappa shape index (κ1) is 13.5. The summed E-state index contributed by atoms with van der Waals surface area (Å²) in [5.74, 6) is -0.178. The standard InChI is InChI=1S/C13H15N3O2S/c1-14-12(18)9-4-2-3-5-10(9)15-13(19)16-11(17)8-6-7-8/h2-5,8H,6-7H2,1H3,(H,14,18)(H2,15,16,17,19). The molecule has 0 heterocycles. The normalized spacial score (nSPS) is 13.5. The van der Waals surface area contributed by atoms with E-state index in [0.29, 0.717) is 11.3 Å². The van der Waals surface area contributed by atoms with Gasteiger partial charge in [0.05, 0.1) is 11.3 Å². The maximum atomic E-state index is 11.7. The van der Waals surface area contributed by atoms with Crippen molar-refractivity contribution >= 4 is 34.8 Å². The first-order valence-corrected chi connectivity index (χ1v) is 6.45. The van der Waals surface area contributed by atoms with Gasteiger partial charge in [-0.3, -0.25) is 9.59 Å². The predicted octanol–water partition coefficient (Wildman–Crippen LogP) is 1.27. The summed E-state index contributed by atoms with van der Waals surface area (Å²) in [5, 5.41) is 8.27. The third-order valence-corrected chi connectivity index (χ3v) is 3.04. The van der Waals surface area contributed by atoms with Crippen molar-refractivity contribution in [3.8, 4) is 0 Å². The van der Waals surface area contributed by atoms with Crippen LogP contribution in [0.15, 0.2) is 24.3 Å². The second-order valence-electron chi connectivity index (χ2n) is 4.34. The second kappa shape index (κ2) is 5.79. The number of hydrogen-bond donors (Lipinski definition) is 3. The quantitative estimate of drug-likeness (QED) is 0.728. The van der Waals surface area contributed by atoms with Crippen LogP contribution in [-0.4, -0.2) is 24.0 Å². The predicted molar refractivity (Wildman–Crippen MR) is 76.9 cm³/mol. The minimum atomic E-state index is -0.209. The van der Waals surface area contributed by atoms with Gasteiger partial charge in [-0.25, -0.2) is 0 Å². The fourth-order valence-electron chi connectivity index (χ4n) is 1.64. The lowest BCUT2D eigenvalue weighted by Crippen LogP contribution is -2.35. The molecule has 0 aliphatic heterocycles. The Kier molecular flexibility index (Phi) is 4.11. The van der Waals surface area contributed by atoms with E-state index in [-0.39, 0.29) is 22.8 Å². The molecular weight excluding hydrogens is 262 g/mol. The molecule has 19 heavy (non-hydrogen) atoms. The van der Waals surface area contributed by atoms with E-state index < -0.39 is 0 Å². The van der Waals surface area contributed by atoms with Crippen LogP contribution in [0.2, 0.25) is 0 Å². The molecule has 2 rings (SSSR count). The molecular formula is C13H15N3O2S. The molecule has 1 aromatic rings. The number of thiocarbonyl (C=S) groups is 1. The summed E-state index contributed by atoms with van der Waals surface area (Å²) in [6.07, 6.45) is 1.84. The van der Waals surface area contributed by atoms with Crippen molar-refractivity contribution < 1.29 is 9.59 Å². The molecule has 0 unspecified atom stereocenters. The molecule has 100 valence electrons. The van der Waals surface area contributed by atoms with Gasteiger partial charge < -0.3 is 16.0 Å². The average Bonchev–Trinajstić information content (AvgIpc) is 3.22. The van der Waals surface area contributed by atoms with Crippen LogP contribution in [0.1, 0.15) is 23.2 Å². The van der Waals surface area contributed by atoms with Gasteiger partial charge in [0.2, 0.25) is 5.91 Å². The molecule has 3 N–H and O–H groups in total. The van der Waals surface area contributed by atoms with Gasteiger partial charge in [-0.1, -0.05) is 12.1 Å². The zero-order valence-corrected chi connectivity index (χ0v) is 11.3. The maximum Gasteiger partial charge on any atom is 0.253 e. The van der Waals surface area contributed by atoms with E-state index in [4.69, 9.17) is 12.2 Å². The largest absolute Gasteiger partial charge is 0.355 e. The van der Waals surface area contributed by atoms with Gasteiger partial charge in [0, 0.05) is 13.0 Å². The molecule has 5 nitrogen and oxygen atoms in total. The number of carbonyl (C=O) groups is 2. The first-order valence-electron chi connectivity index (χ1n) is 6.04. The molecule has 0 saturated heterocycles. The molecule has 0 bridgehead atoms. The van der Waals surface area contributed by atoms with Crippen LogP contribution < -0.4 is 16.0 Å². The lowest BCUT2D eigenvalue weighted by Gasteiger charge is -2.12. The number of amides is 2. The van der Waals surface area contributed by atoms with Gasteiger partial charge >= 0.3 is 0 Å². The Bertz CT molecular complexity index is 526. The van der Waals surface area contributed by atoms with Crippen molar-refractivity contribution in [1.82, 2.24) is 10.6 Å². The highest BCUT2D eigenvalue weighted by Gasteiger charge is 2.30. The summed E-state index contributed by atoms with van der Waals surface area (Å²) >= 11 is 5.07. The zero-order valence-electron chi connectivity index (χ0n) is 10.5. The van der Waals surface area contributed by atoms with E-state index in [2.05, 4.69) is 16.0 Å². The summed E-state index contributed by atoms with van der Waals surface area (Å²) in [7, 11) is 1.56. The molecule has 6 heteroatoms. The summed E-state index contributed by atoms with van der Waals surface area (Å²) in [4.78, 5) is 23.2. The van der Waals surface area contributed by atoms with Crippen molar-refractivity contribution in [2.24, 2.45) is 5.92 Å². The van der Waals surface area contributed by atoms with E-state index in [1.807, 2.05) is 0 Å². The summed E-state index contributed by atoms with van der Waals surface area (Å²) < 4.78 is 0. The number of nitrogens with one attached hydrogen (secondary N) is 3. The molecule has 0 spiro atoms. The number of carbonyl (C=O) groups excluding carboxylic acids is 2. The monoisotopic (exact) mass is 277 g/mol. The smallest absolute Gasteiger partial charge is 0.253 e. The summed E-state index contributed by atoms with van der Waals surface area (Å²) in [6.45, 7) is 0. The van der Waals surface area contributed by atoms with Crippen LogP contribution in [-0.2, 0) is 4.79 Å². The maximum absolute atomic E-state index is 11.7. The lowest BCUT2D eigenvalue weighted by molar-refractivity contribution is -0.120. The van der Waals surface area contributed by atoms with Crippen LogP contribution in [0.3, 0.4) is 0 Å². The molecule has 0 radical (unpaired) electrons. The SMILES string of the molecule is CNC(=O)c1ccccc1NC(=S)NC(=O)C1CC1. The molecule has 0 atom stereocenters. The fraction of sp³-hybridized carbons (Fsp3) is 0.308. The number of rotatable bonds is 3. The van der Waals surface area contributed by atoms with E-state index in [9.17, 15) is 9.59 Å². The van der Waals surface area contributed by atoms with Crippen LogP contribution >= 0.6 is 12.2 Å². The number of benzene rings is 1. The zero-order chi connectivity index (χ0) is 13.8. The van der Waals surface area contributed by atoms with Gasteiger partial charge in [-0.15, -0.1) is 0 Å². The molecule has 1 fully saturated rings. The van der Waals surface area contributed by atoms with Gasteiger partial charge in [-0.2, -0.15) is 0 Å². The molecule has 1 aliphatic rings. The Hall–Kier alpha value is -1.95. The molecule has 1 saturated carbocycles. The average molecular weight is 277 g/mol. The van der Waals surface area contributed by atoms with Crippen molar-refractivity contribution in [2.75, 3.05) is 12.4 Å². The van der Waals surface area contributed by atoms with E-state index in [1.165, 1.54) is 0 Å². The minimum absolute atomic E-state index is 0.0603. The van der Waals surface area contributed by atoms with Crippen LogP contribution in [0, 0.1) is 5.92 Å². The third-order valence-electron chi connectivity index (χ3n) is 2.83. The minimum Gasteiger partial charge on any atom is -0.355 e. The van der Waals surface area contributed by atoms with Gasteiger partial charge in [-0.05, 0) is 37.2 Å². The Balaban J connectivity index is 2.03. The van der Waals surface area contributed by atoms with E-state index in [1.54, 1.807) is 31.3 Å². The molecule has 2 amide bonds. The Morgan fingerprint density at radius 1 is 1.26 bits per heavy atom. The van der Waals surface area contributed by atoms with Crippen LogP contribution in [0.4, 0.5) is 5.69 Å². The highest BCUT2D eigenvalue weighted by atomic mass is 32.1. The van der Waals surface area contributed by atoms with Crippen molar-refractivity contribution in [1.29, 1.82) is 0 Å². The summed E-state index contributed by atoms with van der Waals surface area (Å²) in [6, 6.07) is 6.98. The summed E-state index contributed by atoms with van der Waals surface area (Å²) in [5.41, 5.74) is 1.05. The number of anilines is 1. The fourth-order valence-corrected chi connectivity index (χ4v) is 1.85. The molecule has 0 aromatic heterocycles. The van der Waals surface area contributed by atoms with Gasteiger partial charge in [0.15, 0.2) is 5.11 Å². The highest BCUT2D eigenvalue weighted by Crippen LogP contribution is 2.28. The Labute approximate surface area is 116 Å². The Morgan fingerprint density at radius 2 is 1.95 bits per heavy atom. The highest BCUT2D eigenvalue weighted by molar-refractivity contribution is 7.80. The van der Waals surface area contributed by atoms with Crippen LogP contribution in [0.5, 0.6) is 0 Å². The van der Waals surface area contributed by atoms with Crippen LogP contribution in [0.25, 0.3) is 0 Å².